The summed E-state index contributed by atoms with van der Waals surface area (Å²) in [6.45, 7) is 8.90. The molecular formula is C22H28N8O. The molecule has 0 radical (unpaired) electrons. The fourth-order valence-corrected chi connectivity index (χ4v) is 5.09. The van der Waals surface area contributed by atoms with Crippen LogP contribution in [0.15, 0.2) is 24.5 Å². The molecule has 4 aromatic rings. The summed E-state index contributed by atoms with van der Waals surface area (Å²) in [6, 6.07) is 6.08. The van der Waals surface area contributed by atoms with Crippen LogP contribution in [0.3, 0.4) is 0 Å². The van der Waals surface area contributed by atoms with Gasteiger partial charge in [-0.2, -0.15) is 0 Å². The summed E-state index contributed by atoms with van der Waals surface area (Å²) in [4.78, 5) is 4.46. The van der Waals surface area contributed by atoms with Crippen molar-refractivity contribution in [1.29, 1.82) is 0 Å². The summed E-state index contributed by atoms with van der Waals surface area (Å²) in [6.07, 6.45) is 3.68. The highest BCUT2D eigenvalue weighted by molar-refractivity contribution is 5.87. The summed E-state index contributed by atoms with van der Waals surface area (Å²) < 4.78 is 9.54. The average molecular weight is 421 g/mol. The second-order valence-corrected chi connectivity index (χ2v) is 9.82. The van der Waals surface area contributed by atoms with E-state index in [2.05, 4.69) is 58.5 Å². The molecule has 1 aliphatic heterocycles. The Bertz CT molecular complexity index is 1270. The molecule has 4 heterocycles. The number of ether oxygens (including phenoxy) is 1. The summed E-state index contributed by atoms with van der Waals surface area (Å²) in [5.74, 6) is 0.721. The molecule has 9 nitrogen and oxygen atoms in total. The number of benzene rings is 1. The van der Waals surface area contributed by atoms with Crippen LogP contribution >= 0.6 is 0 Å². The van der Waals surface area contributed by atoms with Crippen molar-refractivity contribution in [3.8, 4) is 17.0 Å². The maximum Gasteiger partial charge on any atom is 0.201 e. The number of imidazole rings is 1. The first-order chi connectivity index (χ1) is 14.7. The van der Waals surface area contributed by atoms with Gasteiger partial charge in [-0.3, -0.25) is 0 Å². The van der Waals surface area contributed by atoms with E-state index in [1.165, 1.54) is 0 Å². The van der Waals surface area contributed by atoms with Gasteiger partial charge >= 0.3 is 0 Å². The van der Waals surface area contributed by atoms with Crippen molar-refractivity contribution in [3.63, 3.8) is 0 Å². The summed E-state index contributed by atoms with van der Waals surface area (Å²) >= 11 is 0. The van der Waals surface area contributed by atoms with Gasteiger partial charge in [0.15, 0.2) is 0 Å². The smallest absolute Gasteiger partial charge is 0.201 e. The van der Waals surface area contributed by atoms with Crippen LogP contribution in [0.1, 0.15) is 46.6 Å². The standard InChI is InChI=1S/C22H28N8O/c1-21(2)10-13(11-22(3,4)27-21)30-20-17(25-28-30)8-15(24-26-20)14-7-16-18(9-19(14)31-6)29(5)12-23-16/h7-9,12-13,27H,10-11H2,1-6H3. The van der Waals surface area contributed by atoms with Gasteiger partial charge in [0.2, 0.25) is 5.65 Å². The van der Waals surface area contributed by atoms with Crippen molar-refractivity contribution < 1.29 is 4.74 Å². The molecule has 0 amide bonds. The van der Waals surface area contributed by atoms with Gasteiger partial charge in [0.05, 0.1) is 36.2 Å². The zero-order valence-corrected chi connectivity index (χ0v) is 18.8. The van der Waals surface area contributed by atoms with Crippen LogP contribution in [-0.2, 0) is 7.05 Å². The van der Waals surface area contributed by atoms with Gasteiger partial charge in [-0.25, -0.2) is 9.67 Å². The van der Waals surface area contributed by atoms with Gasteiger partial charge in [0.25, 0.3) is 0 Å². The number of methoxy groups -OCH3 is 1. The van der Waals surface area contributed by atoms with Crippen molar-refractivity contribution in [1.82, 2.24) is 40.1 Å². The van der Waals surface area contributed by atoms with E-state index in [0.29, 0.717) is 11.3 Å². The third kappa shape index (κ3) is 3.42. The topological polar surface area (TPSA) is 95.6 Å². The highest BCUT2D eigenvalue weighted by Gasteiger charge is 2.39. The molecule has 0 aliphatic carbocycles. The molecule has 0 atom stereocenters. The Kier molecular flexibility index (Phi) is 4.30. The van der Waals surface area contributed by atoms with Gasteiger partial charge < -0.3 is 14.6 Å². The number of aryl methyl sites for hydroxylation is 1. The Morgan fingerprint density at radius 3 is 2.45 bits per heavy atom. The minimum Gasteiger partial charge on any atom is -0.496 e. The van der Waals surface area contributed by atoms with E-state index in [1.54, 1.807) is 13.4 Å². The van der Waals surface area contributed by atoms with Crippen LogP contribution in [0.2, 0.25) is 0 Å². The molecule has 31 heavy (non-hydrogen) atoms. The lowest BCUT2D eigenvalue weighted by Crippen LogP contribution is -2.58. The molecule has 1 aliphatic rings. The number of hydrogen-bond acceptors (Lipinski definition) is 7. The molecular weight excluding hydrogens is 392 g/mol. The quantitative estimate of drug-likeness (QED) is 0.543. The lowest BCUT2D eigenvalue weighted by Gasteiger charge is -2.46. The number of rotatable bonds is 3. The Hall–Kier alpha value is -3.07. The molecule has 0 unspecified atom stereocenters. The molecule has 1 aromatic carbocycles. The zero-order valence-electron chi connectivity index (χ0n) is 18.8. The summed E-state index contributed by atoms with van der Waals surface area (Å²) in [7, 11) is 3.62. The van der Waals surface area contributed by atoms with E-state index in [0.717, 1.165) is 40.7 Å². The molecule has 3 aromatic heterocycles. The van der Waals surface area contributed by atoms with Crippen molar-refractivity contribution >= 4 is 22.2 Å². The first-order valence-electron chi connectivity index (χ1n) is 10.5. The van der Waals surface area contributed by atoms with E-state index in [-0.39, 0.29) is 17.1 Å². The number of nitrogens with zero attached hydrogens (tertiary/aromatic N) is 7. The second kappa shape index (κ2) is 6.71. The van der Waals surface area contributed by atoms with E-state index in [4.69, 9.17) is 4.74 Å². The fourth-order valence-electron chi connectivity index (χ4n) is 5.09. The third-order valence-corrected chi connectivity index (χ3v) is 6.06. The number of fused-ring (bicyclic) bond motifs is 2. The number of nitrogens with one attached hydrogen (secondary N) is 1. The lowest BCUT2D eigenvalue weighted by atomic mass is 9.80. The van der Waals surface area contributed by atoms with Crippen LogP contribution < -0.4 is 10.1 Å². The normalized spacial score (nSPS) is 18.6. The monoisotopic (exact) mass is 420 g/mol. The van der Waals surface area contributed by atoms with E-state index < -0.39 is 0 Å². The summed E-state index contributed by atoms with van der Waals surface area (Å²) in [5, 5.41) is 21.7. The van der Waals surface area contributed by atoms with Crippen molar-refractivity contribution in [3.05, 3.63) is 24.5 Å². The third-order valence-electron chi connectivity index (χ3n) is 6.06. The average Bonchev–Trinajstić information content (AvgIpc) is 3.27. The molecule has 0 bridgehead atoms. The van der Waals surface area contributed by atoms with Crippen molar-refractivity contribution in [2.45, 2.75) is 57.7 Å². The Morgan fingerprint density at radius 1 is 1.00 bits per heavy atom. The molecule has 5 rings (SSSR count). The van der Waals surface area contributed by atoms with Crippen LogP contribution in [0.4, 0.5) is 0 Å². The zero-order chi connectivity index (χ0) is 22.0. The highest BCUT2D eigenvalue weighted by Crippen LogP contribution is 2.37. The summed E-state index contributed by atoms with van der Waals surface area (Å²) in [5.41, 5.74) is 4.84. The van der Waals surface area contributed by atoms with E-state index >= 15 is 0 Å². The van der Waals surface area contributed by atoms with Gasteiger partial charge in [-0.1, -0.05) is 5.21 Å². The van der Waals surface area contributed by atoms with Gasteiger partial charge in [-0.15, -0.1) is 15.3 Å². The largest absolute Gasteiger partial charge is 0.496 e. The molecule has 9 heteroatoms. The minimum atomic E-state index is 0.00349. The predicted octanol–water partition coefficient (Wildman–Crippen LogP) is 3.27. The van der Waals surface area contributed by atoms with E-state index in [9.17, 15) is 0 Å². The fraction of sp³-hybridized carbons (Fsp3) is 0.500. The van der Waals surface area contributed by atoms with Crippen molar-refractivity contribution in [2.24, 2.45) is 7.05 Å². The number of hydrogen-bond donors (Lipinski definition) is 1. The Morgan fingerprint density at radius 2 is 1.74 bits per heavy atom. The van der Waals surface area contributed by atoms with Gasteiger partial charge in [0, 0.05) is 29.8 Å². The lowest BCUT2D eigenvalue weighted by molar-refractivity contribution is 0.127. The number of aromatic nitrogens is 7. The first kappa shape index (κ1) is 19.9. The molecule has 162 valence electrons. The SMILES string of the molecule is COc1cc2c(cc1-c1cc3nnn(C4CC(C)(C)NC(C)(C)C4)c3nn1)ncn2C. The second-order valence-electron chi connectivity index (χ2n) is 9.82. The minimum absolute atomic E-state index is 0.00349. The molecule has 0 saturated carbocycles. The van der Waals surface area contributed by atoms with Crippen molar-refractivity contribution in [2.75, 3.05) is 7.11 Å². The Balaban J connectivity index is 1.57. The molecule has 0 spiro atoms. The molecule has 1 saturated heterocycles. The van der Waals surface area contributed by atoms with E-state index in [1.807, 2.05) is 34.5 Å². The van der Waals surface area contributed by atoms with Crippen LogP contribution in [0.25, 0.3) is 33.5 Å². The van der Waals surface area contributed by atoms with Gasteiger partial charge in [-0.05, 0) is 52.7 Å². The maximum absolute atomic E-state index is 5.63. The molecule has 1 N–H and O–H groups in total. The Labute approximate surface area is 180 Å². The maximum atomic E-state index is 5.63. The van der Waals surface area contributed by atoms with Crippen LogP contribution in [-0.4, -0.2) is 52.9 Å². The first-order valence-corrected chi connectivity index (χ1v) is 10.5. The van der Waals surface area contributed by atoms with Crippen LogP contribution in [0.5, 0.6) is 5.75 Å². The molecule has 1 fully saturated rings. The highest BCUT2D eigenvalue weighted by atomic mass is 16.5. The van der Waals surface area contributed by atoms with Gasteiger partial charge in [0.1, 0.15) is 11.3 Å². The number of piperidine rings is 1. The van der Waals surface area contributed by atoms with Crippen LogP contribution in [0, 0.1) is 0 Å². The predicted molar refractivity (Wildman–Crippen MR) is 119 cm³/mol.